The van der Waals surface area contributed by atoms with Gasteiger partial charge in [-0.2, -0.15) is 0 Å². The smallest absolute Gasteiger partial charge is 0.303 e. The predicted octanol–water partition coefficient (Wildman–Crippen LogP) is 3.90. The first-order valence-corrected chi connectivity index (χ1v) is 11.5. The number of aliphatic imine (C=N–C) groups is 1. The fraction of sp³-hybridized carbons (Fsp3) is 0.320. The highest BCUT2D eigenvalue weighted by atomic mass is 32.1. The topological polar surface area (TPSA) is 87.8 Å². The second-order valence-electron chi connectivity index (χ2n) is 7.64. The third-order valence-electron chi connectivity index (χ3n) is 5.52. The maximum Gasteiger partial charge on any atom is 0.303 e. The number of anilines is 1. The van der Waals surface area contributed by atoms with E-state index in [1.54, 1.807) is 31.5 Å². The number of amides is 2. The number of nitrogens with one attached hydrogen (secondary N) is 1. The summed E-state index contributed by atoms with van der Waals surface area (Å²) in [6.45, 7) is 0. The van der Waals surface area contributed by atoms with Crippen molar-refractivity contribution >= 4 is 40.6 Å². The van der Waals surface area contributed by atoms with Gasteiger partial charge < -0.3 is 11.1 Å². The molecule has 1 heterocycles. The van der Waals surface area contributed by atoms with Crippen molar-refractivity contribution in [2.75, 3.05) is 11.9 Å². The Kier molecular flexibility index (Phi) is 8.23. The summed E-state index contributed by atoms with van der Waals surface area (Å²) in [6, 6.07) is 10.2. The number of hydrogen-bond donors (Lipinski definition) is 2. The molecule has 2 amide bonds. The Morgan fingerprint density at radius 3 is 2.69 bits per heavy atom. The van der Waals surface area contributed by atoms with Crippen LogP contribution in [0, 0.1) is 12.3 Å². The molecule has 166 valence electrons. The number of thiophene rings is 1. The molecule has 3 N–H and O–H groups in total. The van der Waals surface area contributed by atoms with Gasteiger partial charge in [0, 0.05) is 41.6 Å². The van der Waals surface area contributed by atoms with Crippen LogP contribution in [0.25, 0.3) is 5.57 Å². The minimum Gasteiger partial charge on any atom is -0.404 e. The number of benzene rings is 1. The highest BCUT2D eigenvalue weighted by Crippen LogP contribution is 2.32. The van der Waals surface area contributed by atoms with Crippen LogP contribution in [0.5, 0.6) is 0 Å². The van der Waals surface area contributed by atoms with E-state index in [0.29, 0.717) is 11.3 Å². The van der Waals surface area contributed by atoms with Gasteiger partial charge in [-0.15, -0.1) is 17.8 Å². The number of hydrogen-bond acceptors (Lipinski definition) is 5. The van der Waals surface area contributed by atoms with Gasteiger partial charge in [0.2, 0.25) is 5.91 Å². The molecular weight excluding hydrogens is 420 g/mol. The molecule has 3 rings (SSSR count). The maximum absolute atomic E-state index is 13.5. The number of carbonyl (C=O) groups excluding carboxylic acids is 2. The third-order valence-corrected chi connectivity index (χ3v) is 6.44. The Morgan fingerprint density at radius 2 is 2.06 bits per heavy atom. The fourth-order valence-electron chi connectivity index (χ4n) is 3.99. The summed E-state index contributed by atoms with van der Waals surface area (Å²) in [6.07, 6.45) is 13.9. The van der Waals surface area contributed by atoms with E-state index in [9.17, 15) is 9.59 Å². The van der Waals surface area contributed by atoms with E-state index < -0.39 is 11.9 Å². The van der Waals surface area contributed by atoms with Gasteiger partial charge in [0.15, 0.2) is 6.04 Å². The SMILES string of the molecule is C#CC(=O)N(c1cccc(C(C=NC)=CN)c1)C(C(=O)NC1CCCCC1)c1cccs1. The molecular formula is C25H28N4O2S. The molecule has 0 saturated heterocycles. The van der Waals surface area contributed by atoms with Crippen LogP contribution in [0.1, 0.15) is 48.6 Å². The lowest BCUT2D eigenvalue weighted by atomic mass is 9.95. The summed E-state index contributed by atoms with van der Waals surface area (Å²) >= 11 is 1.42. The Hall–Kier alpha value is -3.37. The van der Waals surface area contributed by atoms with Crippen LogP contribution in [0.15, 0.2) is 53.0 Å². The van der Waals surface area contributed by atoms with Gasteiger partial charge in [0.1, 0.15) is 0 Å². The molecule has 1 aromatic heterocycles. The zero-order valence-corrected chi connectivity index (χ0v) is 19.0. The van der Waals surface area contributed by atoms with E-state index in [1.807, 2.05) is 23.6 Å². The molecule has 2 aromatic rings. The summed E-state index contributed by atoms with van der Waals surface area (Å²) in [5, 5.41) is 5.05. The van der Waals surface area contributed by atoms with E-state index in [2.05, 4.69) is 16.2 Å². The molecule has 0 radical (unpaired) electrons. The molecule has 1 aliphatic carbocycles. The molecule has 7 heteroatoms. The summed E-state index contributed by atoms with van der Waals surface area (Å²) in [7, 11) is 1.66. The number of allylic oxidation sites excluding steroid dienone is 1. The van der Waals surface area contributed by atoms with Crippen molar-refractivity contribution in [3.8, 4) is 12.3 Å². The molecule has 0 spiro atoms. The Labute approximate surface area is 193 Å². The van der Waals surface area contributed by atoms with Crippen LogP contribution in [-0.4, -0.2) is 31.1 Å². The van der Waals surface area contributed by atoms with Gasteiger partial charge >= 0.3 is 5.91 Å². The van der Waals surface area contributed by atoms with E-state index in [-0.39, 0.29) is 11.9 Å². The van der Waals surface area contributed by atoms with Gasteiger partial charge in [-0.3, -0.25) is 19.5 Å². The first-order valence-electron chi connectivity index (χ1n) is 10.7. The monoisotopic (exact) mass is 448 g/mol. The lowest BCUT2D eigenvalue weighted by molar-refractivity contribution is -0.125. The zero-order chi connectivity index (χ0) is 22.9. The number of nitrogens with zero attached hydrogens (tertiary/aromatic N) is 2. The highest BCUT2D eigenvalue weighted by Gasteiger charge is 2.34. The second kappa shape index (κ2) is 11.3. The lowest BCUT2D eigenvalue weighted by Gasteiger charge is -2.31. The van der Waals surface area contributed by atoms with Crippen molar-refractivity contribution in [3.05, 3.63) is 58.4 Å². The minimum atomic E-state index is -0.860. The van der Waals surface area contributed by atoms with Crippen molar-refractivity contribution in [2.24, 2.45) is 10.7 Å². The highest BCUT2D eigenvalue weighted by molar-refractivity contribution is 7.10. The van der Waals surface area contributed by atoms with E-state index in [4.69, 9.17) is 12.2 Å². The maximum atomic E-state index is 13.5. The summed E-state index contributed by atoms with van der Waals surface area (Å²) in [5.41, 5.74) is 7.75. The molecule has 0 aliphatic heterocycles. The van der Waals surface area contributed by atoms with E-state index >= 15 is 0 Å². The van der Waals surface area contributed by atoms with Crippen LogP contribution in [-0.2, 0) is 9.59 Å². The summed E-state index contributed by atoms with van der Waals surface area (Å²) < 4.78 is 0. The minimum absolute atomic E-state index is 0.111. The Balaban J connectivity index is 2.03. The Bertz CT molecular complexity index is 1030. The van der Waals surface area contributed by atoms with Gasteiger partial charge in [-0.1, -0.05) is 37.5 Å². The molecule has 1 aliphatic rings. The number of terminal acetylenes is 1. The van der Waals surface area contributed by atoms with Gasteiger partial charge in [0.25, 0.3) is 0 Å². The zero-order valence-electron chi connectivity index (χ0n) is 18.2. The van der Waals surface area contributed by atoms with Crippen LogP contribution >= 0.6 is 11.3 Å². The third kappa shape index (κ3) is 5.45. The first kappa shape index (κ1) is 23.3. The molecule has 32 heavy (non-hydrogen) atoms. The van der Waals surface area contributed by atoms with Crippen molar-refractivity contribution in [1.82, 2.24) is 5.32 Å². The van der Waals surface area contributed by atoms with E-state index in [0.717, 1.165) is 36.1 Å². The van der Waals surface area contributed by atoms with Crippen molar-refractivity contribution < 1.29 is 9.59 Å². The van der Waals surface area contributed by atoms with Crippen LogP contribution in [0.2, 0.25) is 0 Å². The number of rotatable bonds is 7. The normalized spacial score (nSPS) is 15.8. The van der Waals surface area contributed by atoms with Crippen LogP contribution in [0.4, 0.5) is 5.69 Å². The standard InChI is InChI=1S/C25H28N4O2S/c1-3-23(30)29(21-12-7-9-18(15-21)19(16-26)17-27-2)24(22-13-8-14-32-22)25(31)28-20-10-5-4-6-11-20/h1,7-9,12-17,20,24H,4-6,10-11,26H2,2H3,(H,28,31). The van der Waals surface area contributed by atoms with Crippen molar-refractivity contribution in [2.45, 2.75) is 44.2 Å². The number of nitrogens with two attached hydrogens (primary N) is 1. The first-order chi connectivity index (χ1) is 15.6. The molecule has 1 fully saturated rings. The molecule has 0 bridgehead atoms. The predicted molar refractivity (Wildman–Crippen MR) is 131 cm³/mol. The van der Waals surface area contributed by atoms with E-state index in [1.165, 1.54) is 28.9 Å². The largest absolute Gasteiger partial charge is 0.404 e. The van der Waals surface area contributed by atoms with Gasteiger partial charge in [-0.25, -0.2) is 0 Å². The second-order valence-corrected chi connectivity index (χ2v) is 8.62. The molecule has 6 nitrogen and oxygen atoms in total. The van der Waals surface area contributed by atoms with Crippen molar-refractivity contribution in [1.29, 1.82) is 0 Å². The average Bonchev–Trinajstić information content (AvgIpc) is 3.35. The van der Waals surface area contributed by atoms with Crippen LogP contribution in [0.3, 0.4) is 0 Å². The Morgan fingerprint density at radius 1 is 1.28 bits per heavy atom. The summed E-state index contributed by atoms with van der Waals surface area (Å²) in [5.74, 6) is 1.39. The van der Waals surface area contributed by atoms with Crippen molar-refractivity contribution in [3.63, 3.8) is 0 Å². The lowest BCUT2D eigenvalue weighted by Crippen LogP contribution is -2.46. The molecule has 1 aromatic carbocycles. The van der Waals surface area contributed by atoms with Crippen LogP contribution < -0.4 is 16.0 Å². The molecule has 1 saturated carbocycles. The quantitative estimate of drug-likeness (QED) is 0.497. The fourth-order valence-corrected chi connectivity index (χ4v) is 4.80. The molecule has 1 unspecified atom stereocenters. The molecule has 1 atom stereocenters. The van der Waals surface area contributed by atoms with Gasteiger partial charge in [-0.05, 0) is 47.9 Å². The average molecular weight is 449 g/mol. The van der Waals surface area contributed by atoms with Gasteiger partial charge in [0.05, 0.1) is 0 Å². The summed E-state index contributed by atoms with van der Waals surface area (Å²) in [4.78, 5) is 32.6. The number of carbonyl (C=O) groups is 2.